The maximum atomic E-state index is 13.8. The van der Waals surface area contributed by atoms with Crippen molar-refractivity contribution >= 4 is 28.9 Å². The number of likely N-dealkylation sites (tertiary alicyclic amines) is 2. The van der Waals surface area contributed by atoms with Gasteiger partial charge < -0.3 is 29.8 Å². The van der Waals surface area contributed by atoms with Gasteiger partial charge in [-0.2, -0.15) is 0 Å². The van der Waals surface area contributed by atoms with Crippen molar-refractivity contribution in [3.05, 3.63) is 107 Å². The van der Waals surface area contributed by atoms with Crippen molar-refractivity contribution in [2.75, 3.05) is 13.7 Å². The number of hydrogen-bond acceptors (Lipinski definition) is 6. The van der Waals surface area contributed by atoms with E-state index in [0.29, 0.717) is 18.5 Å². The first-order chi connectivity index (χ1) is 27.1. The van der Waals surface area contributed by atoms with Crippen molar-refractivity contribution in [1.82, 2.24) is 35.1 Å². The van der Waals surface area contributed by atoms with Crippen LogP contribution in [0.4, 0.5) is 4.79 Å². The second-order valence-corrected chi connectivity index (χ2v) is 16.6. The summed E-state index contributed by atoms with van der Waals surface area (Å²) in [6.45, 7) is 6.52. The number of aromatic amines is 2. The zero-order valence-electron chi connectivity index (χ0n) is 32.2. The molecule has 2 aromatic heterocycles. The number of carbonyl (C=O) groups excluding carboxylic acids is 3. The molecule has 3 amide bonds. The van der Waals surface area contributed by atoms with Crippen LogP contribution in [0.25, 0.3) is 22.3 Å². The van der Waals surface area contributed by atoms with Crippen molar-refractivity contribution in [3.63, 3.8) is 0 Å². The molecule has 56 heavy (non-hydrogen) atoms. The fourth-order valence-corrected chi connectivity index (χ4v) is 8.87. The van der Waals surface area contributed by atoms with E-state index in [1.165, 1.54) is 7.11 Å². The Kier molecular flexibility index (Phi) is 8.95. The van der Waals surface area contributed by atoms with Gasteiger partial charge >= 0.3 is 6.09 Å². The molecular formula is C45H47N7O4. The third kappa shape index (κ3) is 6.71. The fraction of sp³-hybridized carbons (Fsp3) is 0.400. The van der Waals surface area contributed by atoms with Crippen LogP contribution in [0.15, 0.2) is 79.0 Å². The molecule has 0 unspecified atom stereocenters. The standard InChI is InChI=1S/C45H47N7O4/c1-26(2)39(50-44(55)56-4)43(54)51-25-45(18-19-45)23-38(51)40-46-24-35(49-40)31-15-12-28(13-16-31)10-11-29-14-17-33-34(20-29)48-41(47-33)37-22-32-21-36(32)52(37)42(53)27(3)30-8-6-5-7-9-30/h5-9,12-17,20,24,26-27,32,36-39H,18-19,21-23,25H2,1-4H3,(H,46,49)(H,47,48)(H,50,55)/t27-,32-,36-,37+,38+,39+/m1/s1. The lowest BCUT2D eigenvalue weighted by Gasteiger charge is -2.30. The second kappa shape index (κ2) is 14.0. The third-order valence-corrected chi connectivity index (χ3v) is 12.4. The van der Waals surface area contributed by atoms with Crippen LogP contribution in [0, 0.1) is 29.1 Å². The number of fused-ring (bicyclic) bond motifs is 2. The molecule has 286 valence electrons. The minimum absolute atomic E-state index is 0.0502. The van der Waals surface area contributed by atoms with Crippen LogP contribution < -0.4 is 5.32 Å². The van der Waals surface area contributed by atoms with Crippen molar-refractivity contribution in [3.8, 4) is 23.1 Å². The molecule has 6 atom stereocenters. The van der Waals surface area contributed by atoms with Gasteiger partial charge in [-0.05, 0) is 97.7 Å². The number of ether oxygens (including phenoxy) is 1. The number of amides is 3. The number of nitrogens with zero attached hydrogens (tertiary/aromatic N) is 4. The fourth-order valence-electron chi connectivity index (χ4n) is 8.87. The summed E-state index contributed by atoms with van der Waals surface area (Å²) in [5.41, 5.74) is 6.55. The molecule has 4 heterocycles. The van der Waals surface area contributed by atoms with E-state index in [1.54, 1.807) is 0 Å². The lowest BCUT2D eigenvalue weighted by atomic mass is 9.99. The first-order valence-electron chi connectivity index (χ1n) is 19.8. The van der Waals surface area contributed by atoms with Gasteiger partial charge in [-0.3, -0.25) is 9.59 Å². The molecule has 9 rings (SSSR count). The SMILES string of the molecule is COC(=O)N[C@H](C(=O)N1CC2(CC2)C[C@H]1c1ncc(-c2ccc(C#Cc3ccc4nc([C@@H]5C[C@H]6C[C@H]6N5C(=O)[C@H](C)c5ccccc5)[nH]c4c3)cc2)[nH]1)C(C)C. The monoisotopic (exact) mass is 749 g/mol. The molecule has 11 heteroatoms. The number of aromatic nitrogens is 4. The smallest absolute Gasteiger partial charge is 0.407 e. The van der Waals surface area contributed by atoms with Crippen LogP contribution in [-0.2, 0) is 14.3 Å². The first kappa shape index (κ1) is 35.8. The molecule has 2 saturated heterocycles. The molecule has 2 aliphatic heterocycles. The molecule has 3 aromatic carbocycles. The van der Waals surface area contributed by atoms with E-state index in [0.717, 1.165) is 82.7 Å². The number of rotatable bonds is 8. The highest BCUT2D eigenvalue weighted by Crippen LogP contribution is 2.58. The van der Waals surface area contributed by atoms with E-state index in [-0.39, 0.29) is 41.1 Å². The number of methoxy groups -OCH3 is 1. The predicted octanol–water partition coefficient (Wildman–Crippen LogP) is 7.25. The van der Waals surface area contributed by atoms with Crippen LogP contribution in [0.5, 0.6) is 0 Å². The Morgan fingerprint density at radius 3 is 2.38 bits per heavy atom. The molecule has 4 fully saturated rings. The first-order valence-corrected chi connectivity index (χ1v) is 19.8. The van der Waals surface area contributed by atoms with Crippen LogP contribution in [0.2, 0.25) is 0 Å². The van der Waals surface area contributed by atoms with Crippen molar-refractivity contribution in [2.24, 2.45) is 17.3 Å². The van der Waals surface area contributed by atoms with E-state index in [2.05, 4.69) is 32.0 Å². The summed E-state index contributed by atoms with van der Waals surface area (Å²) in [7, 11) is 1.31. The zero-order chi connectivity index (χ0) is 38.7. The maximum Gasteiger partial charge on any atom is 0.407 e. The highest BCUT2D eigenvalue weighted by molar-refractivity contribution is 5.87. The molecular weight excluding hydrogens is 703 g/mol. The summed E-state index contributed by atoms with van der Waals surface area (Å²) in [6, 6.07) is 23.5. The van der Waals surface area contributed by atoms with E-state index < -0.39 is 12.1 Å². The van der Waals surface area contributed by atoms with E-state index >= 15 is 0 Å². The van der Waals surface area contributed by atoms with Gasteiger partial charge in [0.05, 0.1) is 48.0 Å². The highest BCUT2D eigenvalue weighted by atomic mass is 16.5. The normalized spacial score (nSPS) is 22.7. The number of H-pyrrole nitrogens is 2. The van der Waals surface area contributed by atoms with E-state index in [4.69, 9.17) is 14.7 Å². The Labute approximate surface area is 326 Å². The van der Waals surface area contributed by atoms with Gasteiger partial charge in [0.1, 0.15) is 17.7 Å². The highest BCUT2D eigenvalue weighted by Gasteiger charge is 2.56. The Bertz CT molecular complexity index is 2370. The van der Waals surface area contributed by atoms with E-state index in [9.17, 15) is 14.4 Å². The molecule has 4 aliphatic rings. The minimum Gasteiger partial charge on any atom is -0.453 e. The summed E-state index contributed by atoms with van der Waals surface area (Å²) in [4.78, 5) is 60.4. The number of piperidine rings is 1. The molecule has 5 aromatic rings. The molecule has 2 saturated carbocycles. The van der Waals surface area contributed by atoms with Gasteiger partial charge in [0, 0.05) is 23.7 Å². The number of alkyl carbamates (subject to hydrolysis) is 1. The summed E-state index contributed by atoms with van der Waals surface area (Å²) >= 11 is 0. The molecule has 0 bridgehead atoms. The summed E-state index contributed by atoms with van der Waals surface area (Å²) < 4.78 is 4.81. The van der Waals surface area contributed by atoms with Crippen LogP contribution in [0.1, 0.15) is 99.2 Å². The molecule has 1 spiro atoms. The topological polar surface area (TPSA) is 136 Å². The molecule has 2 aliphatic carbocycles. The average Bonchev–Trinajstić information content (AvgIpc) is 3.84. The Balaban J connectivity index is 0.882. The number of nitrogens with one attached hydrogen (secondary N) is 3. The number of benzene rings is 3. The van der Waals surface area contributed by atoms with Crippen LogP contribution in [-0.4, -0.2) is 73.4 Å². The lowest BCUT2D eigenvalue weighted by molar-refractivity contribution is -0.136. The zero-order valence-corrected chi connectivity index (χ0v) is 32.2. The predicted molar refractivity (Wildman–Crippen MR) is 212 cm³/mol. The number of hydrogen-bond donors (Lipinski definition) is 3. The Morgan fingerprint density at radius 2 is 1.64 bits per heavy atom. The molecule has 11 nitrogen and oxygen atoms in total. The number of imidazole rings is 2. The lowest BCUT2D eigenvalue weighted by Crippen LogP contribution is -2.51. The van der Waals surface area contributed by atoms with Crippen LogP contribution in [0.3, 0.4) is 0 Å². The maximum absolute atomic E-state index is 13.8. The van der Waals surface area contributed by atoms with Crippen molar-refractivity contribution < 1.29 is 19.1 Å². The van der Waals surface area contributed by atoms with Gasteiger partial charge in [0.2, 0.25) is 11.8 Å². The molecule has 0 radical (unpaired) electrons. The summed E-state index contributed by atoms with van der Waals surface area (Å²) in [5, 5.41) is 2.74. The van der Waals surface area contributed by atoms with Gasteiger partial charge in [-0.15, -0.1) is 0 Å². The Hall–Kier alpha value is -5.89. The van der Waals surface area contributed by atoms with E-state index in [1.807, 2.05) is 105 Å². The van der Waals surface area contributed by atoms with Gasteiger partial charge in [-0.25, -0.2) is 14.8 Å². The average molecular weight is 750 g/mol. The Morgan fingerprint density at radius 1 is 0.893 bits per heavy atom. The summed E-state index contributed by atoms with van der Waals surface area (Å²) in [6.07, 6.45) is 6.26. The van der Waals surface area contributed by atoms with Gasteiger partial charge in [0.25, 0.3) is 0 Å². The second-order valence-electron chi connectivity index (χ2n) is 16.6. The minimum atomic E-state index is -0.680. The quantitative estimate of drug-likeness (QED) is 0.143. The summed E-state index contributed by atoms with van der Waals surface area (Å²) in [5.74, 6) is 8.53. The van der Waals surface area contributed by atoms with Crippen LogP contribution >= 0.6 is 0 Å². The van der Waals surface area contributed by atoms with Gasteiger partial charge in [-0.1, -0.05) is 68.2 Å². The largest absolute Gasteiger partial charge is 0.453 e. The number of carbonyl (C=O) groups is 3. The van der Waals surface area contributed by atoms with Crippen molar-refractivity contribution in [2.45, 2.75) is 83.0 Å². The van der Waals surface area contributed by atoms with Gasteiger partial charge in [0.15, 0.2) is 0 Å². The third-order valence-electron chi connectivity index (χ3n) is 12.4. The molecule has 3 N–H and O–H groups in total. The van der Waals surface area contributed by atoms with Crippen molar-refractivity contribution in [1.29, 1.82) is 0 Å².